The average molecular weight is 261 g/mol. The van der Waals surface area contributed by atoms with E-state index in [0.717, 1.165) is 18.5 Å². The molecule has 0 atom stereocenters. The number of hydrogen-bond donors (Lipinski definition) is 1. The van der Waals surface area contributed by atoms with E-state index in [1.807, 2.05) is 24.4 Å². The van der Waals surface area contributed by atoms with Crippen molar-refractivity contribution >= 4 is 11.7 Å². The first-order valence-electron chi connectivity index (χ1n) is 6.84. The Morgan fingerprint density at radius 3 is 2.68 bits per heavy atom. The molecule has 104 valence electrons. The Bertz CT molecular complexity index is 438. The minimum atomic E-state index is -0.317. The lowest BCUT2D eigenvalue weighted by Crippen LogP contribution is -2.05. The number of esters is 1. The van der Waals surface area contributed by atoms with Crippen LogP contribution in [0.25, 0.3) is 0 Å². The summed E-state index contributed by atoms with van der Waals surface area (Å²) in [6.07, 6.45) is 6.52. The van der Waals surface area contributed by atoms with Gasteiger partial charge in [0.2, 0.25) is 0 Å². The summed E-state index contributed by atoms with van der Waals surface area (Å²) in [6, 6.07) is 7.38. The Morgan fingerprint density at radius 1 is 1.32 bits per heavy atom. The zero-order valence-electron chi connectivity index (χ0n) is 12.0. The molecule has 0 aliphatic carbocycles. The third-order valence-electron chi connectivity index (χ3n) is 3.07. The van der Waals surface area contributed by atoms with E-state index >= 15 is 0 Å². The number of rotatable bonds is 7. The van der Waals surface area contributed by atoms with Crippen molar-refractivity contribution in [2.24, 2.45) is 0 Å². The molecule has 0 spiro atoms. The van der Waals surface area contributed by atoms with Crippen molar-refractivity contribution < 1.29 is 9.53 Å². The van der Waals surface area contributed by atoms with E-state index in [1.54, 1.807) is 6.07 Å². The van der Waals surface area contributed by atoms with Gasteiger partial charge in [-0.25, -0.2) is 4.79 Å². The number of unbranched alkanes of at least 4 members (excludes halogenated alkanes) is 1. The molecule has 0 unspecified atom stereocenters. The maximum absolute atomic E-state index is 11.6. The van der Waals surface area contributed by atoms with E-state index in [0.29, 0.717) is 5.56 Å². The largest absolute Gasteiger partial charge is 0.465 e. The monoisotopic (exact) mass is 261 g/mol. The fourth-order valence-electron chi connectivity index (χ4n) is 1.83. The molecule has 0 aromatic heterocycles. The van der Waals surface area contributed by atoms with Gasteiger partial charge in [0.25, 0.3) is 0 Å². The molecule has 1 rings (SSSR count). The van der Waals surface area contributed by atoms with Gasteiger partial charge in [-0.15, -0.1) is 0 Å². The molecule has 0 aliphatic rings. The number of carbonyl (C=O) groups excluding carboxylic acids is 1. The summed E-state index contributed by atoms with van der Waals surface area (Å²) >= 11 is 0. The molecule has 19 heavy (non-hydrogen) atoms. The Morgan fingerprint density at radius 2 is 2.05 bits per heavy atom. The second kappa shape index (κ2) is 8.35. The predicted molar refractivity (Wildman–Crippen MR) is 79.3 cm³/mol. The van der Waals surface area contributed by atoms with E-state index in [2.05, 4.69) is 19.2 Å². The van der Waals surface area contributed by atoms with Crippen molar-refractivity contribution in [3.63, 3.8) is 0 Å². The first kappa shape index (κ1) is 15.3. The number of anilines is 1. The highest BCUT2D eigenvalue weighted by molar-refractivity contribution is 5.95. The second-order valence-corrected chi connectivity index (χ2v) is 4.44. The molecule has 0 amide bonds. The van der Waals surface area contributed by atoms with E-state index in [9.17, 15) is 4.79 Å². The molecule has 1 aromatic rings. The Hall–Kier alpha value is -1.77. The number of carbonyl (C=O) groups is 1. The molecule has 0 fully saturated rings. The molecule has 0 saturated carbocycles. The van der Waals surface area contributed by atoms with Gasteiger partial charge >= 0.3 is 5.97 Å². The molecule has 0 bridgehead atoms. The smallest absolute Gasteiger partial charge is 0.339 e. The van der Waals surface area contributed by atoms with Gasteiger partial charge in [0, 0.05) is 6.20 Å². The average Bonchev–Trinajstić information content (AvgIpc) is 2.47. The molecule has 0 aliphatic heterocycles. The van der Waals surface area contributed by atoms with Crippen LogP contribution < -0.4 is 5.32 Å². The summed E-state index contributed by atoms with van der Waals surface area (Å²) < 4.78 is 4.78. The number of nitrogens with one attached hydrogen (secondary N) is 1. The number of para-hydroxylation sites is 1. The van der Waals surface area contributed by atoms with E-state index in [-0.39, 0.29) is 5.97 Å². The van der Waals surface area contributed by atoms with Crippen LogP contribution in [0.1, 0.15) is 49.9 Å². The van der Waals surface area contributed by atoms with Crippen LogP contribution in [0, 0.1) is 0 Å². The van der Waals surface area contributed by atoms with Crippen LogP contribution in [0.3, 0.4) is 0 Å². The van der Waals surface area contributed by atoms with Gasteiger partial charge in [-0.1, -0.05) is 38.0 Å². The first-order chi connectivity index (χ1) is 9.22. The second-order valence-electron chi connectivity index (χ2n) is 4.44. The van der Waals surface area contributed by atoms with Gasteiger partial charge in [-0.3, -0.25) is 0 Å². The molecule has 0 saturated heterocycles. The Kier molecular flexibility index (Phi) is 6.72. The van der Waals surface area contributed by atoms with Crippen molar-refractivity contribution in [3.8, 4) is 0 Å². The summed E-state index contributed by atoms with van der Waals surface area (Å²) in [5.41, 5.74) is 2.71. The molecular formula is C16H23NO2. The van der Waals surface area contributed by atoms with Gasteiger partial charge in [-0.2, -0.15) is 0 Å². The Labute approximate surface area is 115 Å². The summed E-state index contributed by atoms with van der Waals surface area (Å²) in [6.45, 7) is 4.34. The summed E-state index contributed by atoms with van der Waals surface area (Å²) in [7, 11) is 1.40. The summed E-state index contributed by atoms with van der Waals surface area (Å²) in [5.74, 6) is -0.317. The number of methoxy groups -OCH3 is 1. The third-order valence-corrected chi connectivity index (χ3v) is 3.07. The molecule has 3 nitrogen and oxygen atoms in total. The van der Waals surface area contributed by atoms with Gasteiger partial charge in [0.05, 0.1) is 18.4 Å². The van der Waals surface area contributed by atoms with E-state index < -0.39 is 0 Å². The quantitative estimate of drug-likeness (QED) is 0.741. The van der Waals surface area contributed by atoms with Gasteiger partial charge in [0.1, 0.15) is 0 Å². The van der Waals surface area contributed by atoms with E-state index in [1.165, 1.54) is 25.5 Å². The Balaban J connectivity index is 2.81. The van der Waals surface area contributed by atoms with Crippen LogP contribution in [-0.4, -0.2) is 13.1 Å². The minimum Gasteiger partial charge on any atom is -0.465 e. The van der Waals surface area contributed by atoms with Crippen molar-refractivity contribution in [1.29, 1.82) is 0 Å². The topological polar surface area (TPSA) is 38.3 Å². The lowest BCUT2D eigenvalue weighted by molar-refractivity contribution is 0.0602. The van der Waals surface area contributed by atoms with Crippen molar-refractivity contribution in [1.82, 2.24) is 0 Å². The lowest BCUT2D eigenvalue weighted by Gasteiger charge is -2.09. The summed E-state index contributed by atoms with van der Waals surface area (Å²) in [5, 5.41) is 3.23. The predicted octanol–water partition coefficient (Wildman–Crippen LogP) is 4.37. The molecule has 0 radical (unpaired) electrons. The normalized spacial score (nSPS) is 11.2. The fraction of sp³-hybridized carbons (Fsp3) is 0.438. The number of ether oxygens (including phenoxy) is 1. The van der Waals surface area contributed by atoms with Crippen molar-refractivity contribution in [2.45, 2.75) is 39.5 Å². The SMILES string of the molecule is CCCC/C(=C/Nc1ccccc1C(=O)OC)CC. The highest BCUT2D eigenvalue weighted by atomic mass is 16.5. The van der Waals surface area contributed by atoms with Crippen LogP contribution in [0.5, 0.6) is 0 Å². The zero-order valence-corrected chi connectivity index (χ0v) is 12.0. The van der Waals surface area contributed by atoms with Crippen LogP contribution in [0.4, 0.5) is 5.69 Å². The first-order valence-corrected chi connectivity index (χ1v) is 6.84. The highest BCUT2D eigenvalue weighted by Gasteiger charge is 2.09. The molecular weight excluding hydrogens is 238 g/mol. The minimum absolute atomic E-state index is 0.317. The number of hydrogen-bond acceptors (Lipinski definition) is 3. The van der Waals surface area contributed by atoms with E-state index in [4.69, 9.17) is 4.74 Å². The highest BCUT2D eigenvalue weighted by Crippen LogP contribution is 2.18. The summed E-state index contributed by atoms with van der Waals surface area (Å²) in [4.78, 5) is 11.6. The van der Waals surface area contributed by atoms with Crippen molar-refractivity contribution in [2.75, 3.05) is 12.4 Å². The lowest BCUT2D eigenvalue weighted by atomic mass is 10.1. The van der Waals surface area contributed by atoms with Gasteiger partial charge in [-0.05, 0) is 31.4 Å². The molecule has 0 heterocycles. The standard InChI is InChI=1S/C16H23NO2/c1-4-6-9-13(5-2)12-17-15-11-8-7-10-14(15)16(18)19-3/h7-8,10-12,17H,4-6,9H2,1-3H3/b13-12+. The molecule has 3 heteroatoms. The number of benzene rings is 1. The van der Waals surface area contributed by atoms with Crippen LogP contribution >= 0.6 is 0 Å². The van der Waals surface area contributed by atoms with Gasteiger partial charge in [0.15, 0.2) is 0 Å². The number of allylic oxidation sites excluding steroid dienone is 1. The maximum atomic E-state index is 11.6. The van der Waals surface area contributed by atoms with Crippen LogP contribution in [-0.2, 0) is 4.74 Å². The maximum Gasteiger partial charge on any atom is 0.339 e. The zero-order chi connectivity index (χ0) is 14.1. The third kappa shape index (κ3) is 4.78. The molecule has 1 aromatic carbocycles. The van der Waals surface area contributed by atoms with Crippen molar-refractivity contribution in [3.05, 3.63) is 41.6 Å². The van der Waals surface area contributed by atoms with Crippen LogP contribution in [0.15, 0.2) is 36.0 Å². The molecule has 1 N–H and O–H groups in total. The fourth-order valence-corrected chi connectivity index (χ4v) is 1.83. The van der Waals surface area contributed by atoms with Gasteiger partial charge < -0.3 is 10.1 Å². The van der Waals surface area contributed by atoms with Crippen LogP contribution in [0.2, 0.25) is 0 Å².